The van der Waals surface area contributed by atoms with E-state index in [9.17, 15) is 0 Å². The van der Waals surface area contributed by atoms with Crippen LogP contribution in [0, 0.1) is 5.92 Å². The van der Waals surface area contributed by atoms with Crippen LogP contribution in [-0.4, -0.2) is 50.8 Å². The lowest BCUT2D eigenvalue weighted by molar-refractivity contribution is -0.00520. The van der Waals surface area contributed by atoms with Gasteiger partial charge >= 0.3 is 0 Å². The van der Waals surface area contributed by atoms with Gasteiger partial charge in [-0.15, -0.1) is 0 Å². The second-order valence-corrected chi connectivity index (χ2v) is 4.90. The zero-order valence-corrected chi connectivity index (χ0v) is 11.2. The molecule has 1 aliphatic rings. The minimum Gasteiger partial charge on any atom is -0.380 e. The summed E-state index contributed by atoms with van der Waals surface area (Å²) >= 11 is 0. The maximum absolute atomic E-state index is 5.52. The number of nitrogens with zero attached hydrogens (tertiary/aromatic N) is 1. The molecule has 1 N–H and O–H groups in total. The highest BCUT2D eigenvalue weighted by Gasteiger charge is 2.25. The molecule has 0 radical (unpaired) electrons. The maximum Gasteiger partial charge on any atom is 0.0724 e. The molecule has 3 nitrogen and oxygen atoms in total. The maximum atomic E-state index is 5.52. The van der Waals surface area contributed by atoms with Crippen molar-refractivity contribution in [1.82, 2.24) is 10.2 Å². The number of rotatable bonds is 7. The van der Waals surface area contributed by atoms with Crippen LogP contribution in [0.3, 0.4) is 0 Å². The summed E-state index contributed by atoms with van der Waals surface area (Å²) in [4.78, 5) is 2.56. The molecule has 3 heteroatoms. The number of hydrogen-bond donors (Lipinski definition) is 1. The van der Waals surface area contributed by atoms with Crippen molar-refractivity contribution in [1.29, 1.82) is 0 Å². The third kappa shape index (κ3) is 4.81. The summed E-state index contributed by atoms with van der Waals surface area (Å²) in [5.41, 5.74) is 0. The topological polar surface area (TPSA) is 24.5 Å². The lowest BCUT2D eigenvalue weighted by Crippen LogP contribution is -2.44. The Hall–Kier alpha value is -0.120. The van der Waals surface area contributed by atoms with Crippen LogP contribution in [0.25, 0.3) is 0 Å². The second kappa shape index (κ2) is 8.04. The SMILES string of the molecule is CCNCCCCN1CCC(C)C(OC)C1. The molecule has 96 valence electrons. The lowest BCUT2D eigenvalue weighted by atomic mass is 9.95. The summed E-state index contributed by atoms with van der Waals surface area (Å²) in [5.74, 6) is 0.725. The molecule has 16 heavy (non-hydrogen) atoms. The molecular formula is C13H28N2O. The Labute approximate surface area is 101 Å². The molecular weight excluding hydrogens is 200 g/mol. The fourth-order valence-corrected chi connectivity index (χ4v) is 2.37. The standard InChI is InChI=1S/C13H28N2O/c1-4-14-8-5-6-9-15-10-7-12(2)13(11-15)16-3/h12-14H,4-11H2,1-3H3. The van der Waals surface area contributed by atoms with E-state index in [1.165, 1.54) is 32.4 Å². The summed E-state index contributed by atoms with van der Waals surface area (Å²) in [6.45, 7) is 10.3. The zero-order valence-electron chi connectivity index (χ0n) is 11.2. The predicted octanol–water partition coefficient (Wildman–Crippen LogP) is 1.73. The Morgan fingerprint density at radius 3 is 2.88 bits per heavy atom. The van der Waals surface area contributed by atoms with Crippen molar-refractivity contribution < 1.29 is 4.74 Å². The van der Waals surface area contributed by atoms with Gasteiger partial charge in [0, 0.05) is 13.7 Å². The molecule has 0 amide bonds. The number of piperidine rings is 1. The first kappa shape index (κ1) is 13.9. The van der Waals surface area contributed by atoms with Gasteiger partial charge in [0.15, 0.2) is 0 Å². The van der Waals surface area contributed by atoms with Gasteiger partial charge in [-0.2, -0.15) is 0 Å². The summed E-state index contributed by atoms with van der Waals surface area (Å²) in [6, 6.07) is 0. The van der Waals surface area contributed by atoms with Crippen molar-refractivity contribution in [2.24, 2.45) is 5.92 Å². The van der Waals surface area contributed by atoms with Gasteiger partial charge in [0.25, 0.3) is 0 Å². The monoisotopic (exact) mass is 228 g/mol. The van der Waals surface area contributed by atoms with Crippen LogP contribution in [0.1, 0.15) is 33.1 Å². The van der Waals surface area contributed by atoms with Crippen LogP contribution >= 0.6 is 0 Å². The average Bonchev–Trinajstić information content (AvgIpc) is 2.31. The van der Waals surface area contributed by atoms with E-state index in [1.807, 2.05) is 7.11 Å². The molecule has 1 saturated heterocycles. The Balaban J connectivity index is 2.08. The number of unbranched alkanes of at least 4 members (excludes halogenated alkanes) is 1. The van der Waals surface area contributed by atoms with Gasteiger partial charge < -0.3 is 15.0 Å². The minimum atomic E-state index is 0.447. The molecule has 0 bridgehead atoms. The zero-order chi connectivity index (χ0) is 11.8. The quantitative estimate of drug-likeness (QED) is 0.672. The normalized spacial score (nSPS) is 27.2. The fourth-order valence-electron chi connectivity index (χ4n) is 2.37. The van der Waals surface area contributed by atoms with E-state index in [0.717, 1.165) is 25.6 Å². The van der Waals surface area contributed by atoms with Crippen molar-refractivity contribution in [3.05, 3.63) is 0 Å². The second-order valence-electron chi connectivity index (χ2n) is 4.90. The number of hydrogen-bond acceptors (Lipinski definition) is 3. The first-order valence-electron chi connectivity index (χ1n) is 6.73. The summed E-state index contributed by atoms with van der Waals surface area (Å²) < 4.78 is 5.52. The van der Waals surface area contributed by atoms with E-state index >= 15 is 0 Å². The largest absolute Gasteiger partial charge is 0.380 e. The molecule has 2 atom stereocenters. The highest BCUT2D eigenvalue weighted by Crippen LogP contribution is 2.19. The van der Waals surface area contributed by atoms with E-state index in [-0.39, 0.29) is 0 Å². The van der Waals surface area contributed by atoms with Crippen molar-refractivity contribution in [2.75, 3.05) is 39.8 Å². The first-order valence-corrected chi connectivity index (χ1v) is 6.73. The molecule has 0 aliphatic carbocycles. The smallest absolute Gasteiger partial charge is 0.0724 e. The van der Waals surface area contributed by atoms with Crippen LogP contribution < -0.4 is 5.32 Å². The number of likely N-dealkylation sites (tertiary alicyclic amines) is 1. The van der Waals surface area contributed by atoms with E-state index in [4.69, 9.17) is 4.74 Å². The molecule has 0 saturated carbocycles. The van der Waals surface area contributed by atoms with Crippen LogP contribution in [0.15, 0.2) is 0 Å². The molecule has 0 aromatic rings. The predicted molar refractivity (Wildman–Crippen MR) is 68.8 cm³/mol. The van der Waals surface area contributed by atoms with Gasteiger partial charge in [-0.1, -0.05) is 13.8 Å². The fraction of sp³-hybridized carbons (Fsp3) is 1.00. The molecule has 0 aromatic heterocycles. The van der Waals surface area contributed by atoms with Gasteiger partial charge in [-0.25, -0.2) is 0 Å². The molecule has 0 aromatic carbocycles. The van der Waals surface area contributed by atoms with Crippen molar-refractivity contribution in [2.45, 2.75) is 39.2 Å². The number of methoxy groups -OCH3 is 1. The summed E-state index contributed by atoms with van der Waals surface area (Å²) in [5, 5.41) is 3.37. The molecule has 1 heterocycles. The van der Waals surface area contributed by atoms with Crippen LogP contribution in [-0.2, 0) is 4.74 Å². The van der Waals surface area contributed by atoms with Crippen LogP contribution in [0.5, 0.6) is 0 Å². The molecule has 0 spiro atoms. The van der Waals surface area contributed by atoms with Crippen LogP contribution in [0.2, 0.25) is 0 Å². The number of ether oxygens (including phenoxy) is 1. The third-order valence-electron chi connectivity index (χ3n) is 3.60. The molecule has 2 unspecified atom stereocenters. The van der Waals surface area contributed by atoms with E-state index in [1.54, 1.807) is 0 Å². The molecule has 1 aliphatic heterocycles. The van der Waals surface area contributed by atoms with E-state index in [2.05, 4.69) is 24.1 Å². The van der Waals surface area contributed by atoms with Gasteiger partial charge in [-0.3, -0.25) is 0 Å². The third-order valence-corrected chi connectivity index (χ3v) is 3.60. The van der Waals surface area contributed by atoms with Gasteiger partial charge in [0.1, 0.15) is 0 Å². The minimum absolute atomic E-state index is 0.447. The highest BCUT2D eigenvalue weighted by atomic mass is 16.5. The van der Waals surface area contributed by atoms with Crippen molar-refractivity contribution >= 4 is 0 Å². The molecule has 1 rings (SSSR count). The van der Waals surface area contributed by atoms with Crippen molar-refractivity contribution in [3.8, 4) is 0 Å². The van der Waals surface area contributed by atoms with Gasteiger partial charge in [0.05, 0.1) is 6.10 Å². The Bertz CT molecular complexity index is 175. The van der Waals surface area contributed by atoms with Crippen molar-refractivity contribution in [3.63, 3.8) is 0 Å². The Morgan fingerprint density at radius 1 is 1.38 bits per heavy atom. The Kier molecular flexibility index (Phi) is 7.01. The van der Waals surface area contributed by atoms with E-state index < -0.39 is 0 Å². The molecule has 1 fully saturated rings. The summed E-state index contributed by atoms with van der Waals surface area (Å²) in [6.07, 6.45) is 4.32. The average molecular weight is 228 g/mol. The highest BCUT2D eigenvalue weighted by molar-refractivity contribution is 4.78. The van der Waals surface area contributed by atoms with Gasteiger partial charge in [-0.05, 0) is 51.4 Å². The first-order chi connectivity index (χ1) is 7.77. The van der Waals surface area contributed by atoms with Gasteiger partial charge in [0.2, 0.25) is 0 Å². The summed E-state index contributed by atoms with van der Waals surface area (Å²) in [7, 11) is 1.84. The lowest BCUT2D eigenvalue weighted by Gasteiger charge is -2.36. The van der Waals surface area contributed by atoms with Crippen LogP contribution in [0.4, 0.5) is 0 Å². The Morgan fingerprint density at radius 2 is 2.19 bits per heavy atom. The number of nitrogens with one attached hydrogen (secondary N) is 1. The van der Waals surface area contributed by atoms with E-state index in [0.29, 0.717) is 6.10 Å².